The van der Waals surface area contributed by atoms with E-state index in [-0.39, 0.29) is 0 Å². The predicted molar refractivity (Wildman–Crippen MR) is 122 cm³/mol. The molecular weight excluding hydrogens is 378 g/mol. The summed E-state index contributed by atoms with van der Waals surface area (Å²) in [6.45, 7) is 7.82. The molecule has 1 aliphatic heterocycles. The smallest absolute Gasteiger partial charge is 0.346 e. The van der Waals surface area contributed by atoms with E-state index in [1.54, 1.807) is 16.9 Å². The lowest BCUT2D eigenvalue weighted by molar-refractivity contribution is 0.0702. The zero-order valence-electron chi connectivity index (χ0n) is 18.2. The van der Waals surface area contributed by atoms with Crippen LogP contribution in [-0.2, 0) is 0 Å². The molecule has 160 valence electrons. The lowest BCUT2D eigenvalue weighted by Crippen LogP contribution is -2.34. The summed E-state index contributed by atoms with van der Waals surface area (Å²) in [6.07, 6.45) is 12.6. The largest absolute Gasteiger partial charge is 0.477 e. The highest BCUT2D eigenvalue weighted by atomic mass is 32.1. The molecule has 2 heterocycles. The lowest BCUT2D eigenvalue weighted by atomic mass is 9.75. The first-order valence-electron chi connectivity index (χ1n) is 11.9. The van der Waals surface area contributed by atoms with Gasteiger partial charge in [-0.1, -0.05) is 46.0 Å². The van der Waals surface area contributed by atoms with E-state index in [4.69, 9.17) is 0 Å². The van der Waals surface area contributed by atoms with Gasteiger partial charge in [-0.25, -0.2) is 4.79 Å². The van der Waals surface area contributed by atoms with Crippen LogP contribution in [0.1, 0.15) is 104 Å². The molecule has 0 radical (unpaired) electrons. The molecular formula is C25H37NO2S. The van der Waals surface area contributed by atoms with Gasteiger partial charge in [0, 0.05) is 23.5 Å². The number of aromatic carboxylic acids is 1. The molecule has 3 nitrogen and oxygen atoms in total. The highest BCUT2D eigenvalue weighted by molar-refractivity contribution is 7.14. The minimum atomic E-state index is -0.728. The Hall–Kier alpha value is -1.13. The molecule has 2 aliphatic carbocycles. The summed E-state index contributed by atoms with van der Waals surface area (Å²) in [6, 6.07) is 2.30. The molecule has 0 saturated heterocycles. The van der Waals surface area contributed by atoms with Crippen molar-refractivity contribution in [3.63, 3.8) is 0 Å². The zero-order chi connectivity index (χ0) is 20.4. The van der Waals surface area contributed by atoms with Crippen LogP contribution in [0.3, 0.4) is 0 Å². The van der Waals surface area contributed by atoms with Gasteiger partial charge in [-0.2, -0.15) is 0 Å². The molecule has 1 N–H and O–H groups in total. The van der Waals surface area contributed by atoms with Crippen molar-refractivity contribution in [2.45, 2.75) is 84.0 Å². The summed E-state index contributed by atoms with van der Waals surface area (Å²) in [5.41, 5.74) is 4.04. The van der Waals surface area contributed by atoms with Gasteiger partial charge >= 0.3 is 5.97 Å². The van der Waals surface area contributed by atoms with E-state index in [1.165, 1.54) is 68.2 Å². The summed E-state index contributed by atoms with van der Waals surface area (Å²) in [5, 5.41) is 10.0. The second-order valence-electron chi connectivity index (χ2n) is 9.61. The van der Waals surface area contributed by atoms with Crippen LogP contribution < -0.4 is 0 Å². The molecule has 2 fully saturated rings. The van der Waals surface area contributed by atoms with Crippen molar-refractivity contribution in [2.24, 2.45) is 11.8 Å². The minimum Gasteiger partial charge on any atom is -0.477 e. The minimum absolute atomic E-state index is 0.580. The van der Waals surface area contributed by atoms with E-state index in [0.29, 0.717) is 16.7 Å². The molecule has 29 heavy (non-hydrogen) atoms. The molecule has 2 saturated carbocycles. The van der Waals surface area contributed by atoms with Gasteiger partial charge in [-0.05, 0) is 73.6 Å². The molecule has 3 aliphatic rings. The van der Waals surface area contributed by atoms with Crippen molar-refractivity contribution in [2.75, 3.05) is 19.6 Å². The summed E-state index contributed by atoms with van der Waals surface area (Å²) in [7, 11) is 0. The van der Waals surface area contributed by atoms with Crippen LogP contribution >= 0.6 is 11.3 Å². The van der Waals surface area contributed by atoms with E-state index in [9.17, 15) is 9.90 Å². The molecule has 0 spiro atoms. The quantitative estimate of drug-likeness (QED) is 0.575. The van der Waals surface area contributed by atoms with Gasteiger partial charge in [0.1, 0.15) is 4.88 Å². The first-order chi connectivity index (χ1) is 14.1. The monoisotopic (exact) mass is 415 g/mol. The summed E-state index contributed by atoms with van der Waals surface area (Å²) in [4.78, 5) is 16.7. The number of hydrogen-bond acceptors (Lipinski definition) is 3. The molecule has 1 aromatic heterocycles. The average molecular weight is 416 g/mol. The number of hydrogen-bond donors (Lipinski definition) is 1. The number of carboxylic acid groups (broad SMARTS) is 1. The number of likely N-dealkylation sites (N-methyl/N-ethyl adjacent to an activating group) is 1. The van der Waals surface area contributed by atoms with Gasteiger partial charge < -0.3 is 5.11 Å². The van der Waals surface area contributed by atoms with Crippen molar-refractivity contribution in [1.82, 2.24) is 4.90 Å². The number of thiophene rings is 1. The Morgan fingerprint density at radius 3 is 2.48 bits per heavy atom. The molecule has 0 amide bonds. The van der Waals surface area contributed by atoms with Crippen LogP contribution in [0.5, 0.6) is 0 Å². The maximum atomic E-state index is 12.2. The van der Waals surface area contributed by atoms with Crippen molar-refractivity contribution < 1.29 is 9.90 Å². The summed E-state index contributed by atoms with van der Waals surface area (Å²) in [5.74, 6) is 1.34. The predicted octanol–water partition coefficient (Wildman–Crippen LogP) is 6.80. The lowest BCUT2D eigenvalue weighted by Gasteiger charge is -2.36. The summed E-state index contributed by atoms with van der Waals surface area (Å²) >= 11 is 1.58. The van der Waals surface area contributed by atoms with E-state index in [2.05, 4.69) is 24.8 Å². The van der Waals surface area contributed by atoms with Gasteiger partial charge in [0.05, 0.1) is 0 Å². The Kier molecular flexibility index (Phi) is 6.80. The van der Waals surface area contributed by atoms with Crippen molar-refractivity contribution in [3.8, 4) is 0 Å². The molecule has 0 bridgehead atoms. The zero-order valence-corrected chi connectivity index (χ0v) is 19.0. The SMILES string of the molecule is CCN1CCC(c2cc(C3CCCCC3)sc2C(=O)O)=C(C2CCC(C)CC2)C1. The second-order valence-corrected chi connectivity index (χ2v) is 10.7. The maximum Gasteiger partial charge on any atom is 0.346 e. The van der Waals surface area contributed by atoms with E-state index in [0.717, 1.165) is 37.5 Å². The molecule has 0 unspecified atom stereocenters. The molecule has 0 atom stereocenters. The standard InChI is InChI=1S/C25H37NO2S/c1-3-26-14-13-20(22(16-26)18-11-9-17(2)10-12-18)21-15-23(29-24(21)25(27)28)19-7-5-4-6-8-19/h15,17-19H,3-14,16H2,1-2H3,(H,27,28). The maximum absolute atomic E-state index is 12.2. The fraction of sp³-hybridized carbons (Fsp3) is 0.720. The van der Waals surface area contributed by atoms with Gasteiger partial charge in [-0.3, -0.25) is 4.90 Å². The topological polar surface area (TPSA) is 40.5 Å². The van der Waals surface area contributed by atoms with E-state index >= 15 is 0 Å². The van der Waals surface area contributed by atoms with E-state index < -0.39 is 5.97 Å². The first kappa shape index (κ1) is 21.1. The highest BCUT2D eigenvalue weighted by Crippen LogP contribution is 2.44. The summed E-state index contributed by atoms with van der Waals surface area (Å²) < 4.78 is 0. The van der Waals surface area contributed by atoms with Crippen LogP contribution in [-0.4, -0.2) is 35.6 Å². The third kappa shape index (κ3) is 4.64. The fourth-order valence-electron chi connectivity index (χ4n) is 5.79. The number of nitrogens with zero attached hydrogens (tertiary/aromatic N) is 1. The van der Waals surface area contributed by atoms with Crippen LogP contribution in [0, 0.1) is 11.8 Å². The van der Waals surface area contributed by atoms with Crippen molar-refractivity contribution in [1.29, 1.82) is 0 Å². The van der Waals surface area contributed by atoms with Crippen LogP contribution in [0.25, 0.3) is 5.57 Å². The first-order valence-corrected chi connectivity index (χ1v) is 12.7. The highest BCUT2D eigenvalue weighted by Gasteiger charge is 2.31. The number of carbonyl (C=O) groups is 1. The van der Waals surface area contributed by atoms with Gasteiger partial charge in [0.25, 0.3) is 0 Å². The molecule has 4 rings (SSSR count). The van der Waals surface area contributed by atoms with Crippen LogP contribution in [0.15, 0.2) is 11.6 Å². The third-order valence-corrected chi connectivity index (χ3v) is 8.98. The Morgan fingerprint density at radius 1 is 1.10 bits per heavy atom. The van der Waals surface area contributed by atoms with Crippen molar-refractivity contribution >= 4 is 22.9 Å². The molecule has 0 aromatic carbocycles. The van der Waals surface area contributed by atoms with Gasteiger partial charge in [-0.15, -0.1) is 11.3 Å². The fourth-order valence-corrected chi connectivity index (χ4v) is 6.98. The molecule has 1 aromatic rings. The number of carboxylic acids is 1. The van der Waals surface area contributed by atoms with Crippen molar-refractivity contribution in [3.05, 3.63) is 27.0 Å². The number of rotatable bonds is 5. The normalized spacial score (nSPS) is 27.4. The Labute approximate surface area is 180 Å². The van der Waals surface area contributed by atoms with Crippen LogP contribution in [0.2, 0.25) is 0 Å². The Balaban J connectivity index is 1.72. The Bertz CT molecular complexity index is 751. The second kappa shape index (κ2) is 9.34. The van der Waals surface area contributed by atoms with Gasteiger partial charge in [0.2, 0.25) is 0 Å². The molecule has 4 heteroatoms. The van der Waals surface area contributed by atoms with Gasteiger partial charge in [0.15, 0.2) is 0 Å². The average Bonchev–Trinajstić information content (AvgIpc) is 3.20. The third-order valence-electron chi connectivity index (χ3n) is 7.69. The Morgan fingerprint density at radius 2 is 1.83 bits per heavy atom. The van der Waals surface area contributed by atoms with Crippen LogP contribution in [0.4, 0.5) is 0 Å². The van der Waals surface area contributed by atoms with E-state index in [1.807, 2.05) is 0 Å².